The molecule has 0 bridgehead atoms. The number of esters is 1. The van der Waals surface area contributed by atoms with Crippen molar-refractivity contribution in [2.45, 2.75) is 0 Å². The lowest BCUT2D eigenvalue weighted by Crippen LogP contribution is -2.36. The molecule has 0 atom stereocenters. The molecule has 1 heterocycles. The predicted octanol–water partition coefficient (Wildman–Crippen LogP) is 1.01. The average molecular weight is 339 g/mol. The Morgan fingerprint density at radius 1 is 1.16 bits per heavy atom. The van der Waals surface area contributed by atoms with Gasteiger partial charge in [0.2, 0.25) is 5.95 Å². The SMILES string of the molecule is CN(CC(=O)OCC(=O)N(CC#N)c1ccccc1)c1ncccn1. The summed E-state index contributed by atoms with van der Waals surface area (Å²) in [6, 6.07) is 12.3. The molecule has 0 saturated carbocycles. The zero-order valence-corrected chi connectivity index (χ0v) is 13.7. The number of aromatic nitrogens is 2. The van der Waals surface area contributed by atoms with Gasteiger partial charge in [0, 0.05) is 25.1 Å². The molecule has 0 spiro atoms. The topological polar surface area (TPSA) is 99.4 Å². The van der Waals surface area contributed by atoms with Gasteiger partial charge in [-0.05, 0) is 18.2 Å². The minimum absolute atomic E-state index is 0.0963. The van der Waals surface area contributed by atoms with Crippen molar-refractivity contribution in [2.24, 2.45) is 0 Å². The van der Waals surface area contributed by atoms with Gasteiger partial charge in [0.05, 0.1) is 6.07 Å². The van der Waals surface area contributed by atoms with Gasteiger partial charge in [0.15, 0.2) is 6.61 Å². The summed E-state index contributed by atoms with van der Waals surface area (Å²) in [5.41, 5.74) is 0.569. The Hall–Kier alpha value is -3.47. The first kappa shape index (κ1) is 17.9. The smallest absolute Gasteiger partial charge is 0.326 e. The molecule has 0 saturated heterocycles. The minimum atomic E-state index is -0.590. The molecule has 0 fully saturated rings. The number of carbonyl (C=O) groups is 2. The molecule has 0 aliphatic carbocycles. The maximum Gasteiger partial charge on any atom is 0.326 e. The molecular formula is C17H17N5O3. The van der Waals surface area contributed by atoms with Crippen LogP contribution in [0, 0.1) is 11.3 Å². The van der Waals surface area contributed by atoms with Crippen LogP contribution in [0.3, 0.4) is 0 Å². The lowest BCUT2D eigenvalue weighted by Gasteiger charge is -2.20. The first-order chi connectivity index (χ1) is 12.1. The van der Waals surface area contributed by atoms with Gasteiger partial charge >= 0.3 is 5.97 Å². The fourth-order valence-electron chi connectivity index (χ4n) is 2.02. The second-order valence-electron chi connectivity index (χ2n) is 5.04. The van der Waals surface area contributed by atoms with Crippen LogP contribution in [0.25, 0.3) is 0 Å². The first-order valence-corrected chi connectivity index (χ1v) is 7.48. The second kappa shape index (κ2) is 8.98. The lowest BCUT2D eigenvalue weighted by atomic mass is 10.3. The highest BCUT2D eigenvalue weighted by atomic mass is 16.5. The Morgan fingerprint density at radius 3 is 2.48 bits per heavy atom. The van der Waals surface area contributed by atoms with E-state index in [1.54, 1.807) is 55.8 Å². The summed E-state index contributed by atoms with van der Waals surface area (Å²) in [7, 11) is 1.64. The number of nitriles is 1. The summed E-state index contributed by atoms with van der Waals surface area (Å²) >= 11 is 0. The largest absolute Gasteiger partial charge is 0.454 e. The molecule has 2 rings (SSSR count). The molecule has 0 unspecified atom stereocenters. The molecule has 8 heteroatoms. The average Bonchev–Trinajstić information content (AvgIpc) is 2.65. The van der Waals surface area contributed by atoms with Crippen LogP contribution in [0.4, 0.5) is 11.6 Å². The molecule has 0 N–H and O–H groups in total. The summed E-state index contributed by atoms with van der Waals surface area (Å²) in [5.74, 6) is -0.686. The maximum absolute atomic E-state index is 12.3. The van der Waals surface area contributed by atoms with Crippen molar-refractivity contribution in [2.75, 3.05) is 36.5 Å². The normalized spacial score (nSPS) is 9.76. The fraction of sp³-hybridized carbons (Fsp3) is 0.235. The minimum Gasteiger partial charge on any atom is -0.454 e. The van der Waals surface area contributed by atoms with Gasteiger partial charge in [-0.15, -0.1) is 0 Å². The van der Waals surface area contributed by atoms with Crippen LogP contribution in [0.1, 0.15) is 0 Å². The number of nitrogens with zero attached hydrogens (tertiary/aromatic N) is 5. The highest BCUT2D eigenvalue weighted by molar-refractivity contribution is 5.95. The lowest BCUT2D eigenvalue weighted by molar-refractivity contribution is -0.146. The highest BCUT2D eigenvalue weighted by Gasteiger charge is 2.18. The molecule has 1 amide bonds. The molecule has 0 radical (unpaired) electrons. The summed E-state index contributed by atoms with van der Waals surface area (Å²) in [6.07, 6.45) is 3.13. The fourth-order valence-corrected chi connectivity index (χ4v) is 2.02. The van der Waals surface area contributed by atoms with Crippen molar-refractivity contribution in [1.82, 2.24) is 9.97 Å². The summed E-state index contributed by atoms with van der Waals surface area (Å²) in [6.45, 7) is -0.669. The Morgan fingerprint density at radius 2 is 1.84 bits per heavy atom. The first-order valence-electron chi connectivity index (χ1n) is 7.48. The number of carbonyl (C=O) groups excluding carboxylic acids is 2. The van der Waals surface area contributed by atoms with Crippen molar-refractivity contribution >= 4 is 23.5 Å². The van der Waals surface area contributed by atoms with Crippen LogP contribution < -0.4 is 9.80 Å². The van der Waals surface area contributed by atoms with E-state index in [0.717, 1.165) is 0 Å². The molecule has 128 valence electrons. The molecule has 1 aromatic heterocycles. The molecule has 0 aliphatic heterocycles. The molecule has 2 aromatic rings. The maximum atomic E-state index is 12.3. The van der Waals surface area contributed by atoms with Crippen LogP contribution in [0.15, 0.2) is 48.8 Å². The molecule has 25 heavy (non-hydrogen) atoms. The van der Waals surface area contributed by atoms with Crippen LogP contribution in [-0.4, -0.2) is 48.6 Å². The predicted molar refractivity (Wildman–Crippen MR) is 90.7 cm³/mol. The van der Waals surface area contributed by atoms with Gasteiger partial charge in [0.25, 0.3) is 5.91 Å². The number of benzene rings is 1. The van der Waals surface area contributed by atoms with Crippen LogP contribution in [0.5, 0.6) is 0 Å². The number of hydrogen-bond acceptors (Lipinski definition) is 7. The van der Waals surface area contributed by atoms with E-state index in [9.17, 15) is 9.59 Å². The van der Waals surface area contributed by atoms with Crippen LogP contribution in [0.2, 0.25) is 0 Å². The molecule has 8 nitrogen and oxygen atoms in total. The Balaban J connectivity index is 1.89. The third-order valence-electron chi connectivity index (χ3n) is 3.21. The Labute approximate surface area is 145 Å². The van der Waals surface area contributed by atoms with E-state index in [-0.39, 0.29) is 13.1 Å². The van der Waals surface area contributed by atoms with E-state index in [1.165, 1.54) is 9.80 Å². The number of anilines is 2. The molecule has 0 aliphatic rings. The third kappa shape index (κ3) is 5.28. The van der Waals surface area contributed by atoms with Gasteiger partial charge in [0.1, 0.15) is 13.1 Å². The highest BCUT2D eigenvalue weighted by Crippen LogP contribution is 2.13. The van der Waals surface area contributed by atoms with Crippen molar-refractivity contribution in [3.8, 4) is 6.07 Å². The van der Waals surface area contributed by atoms with E-state index in [2.05, 4.69) is 9.97 Å². The van der Waals surface area contributed by atoms with Gasteiger partial charge in [-0.2, -0.15) is 5.26 Å². The van der Waals surface area contributed by atoms with E-state index < -0.39 is 18.5 Å². The van der Waals surface area contributed by atoms with Crippen molar-refractivity contribution < 1.29 is 14.3 Å². The number of para-hydroxylation sites is 1. The van der Waals surface area contributed by atoms with E-state index in [4.69, 9.17) is 10.00 Å². The monoisotopic (exact) mass is 339 g/mol. The Kier molecular flexibility index (Phi) is 6.42. The van der Waals surface area contributed by atoms with Crippen molar-refractivity contribution in [3.05, 3.63) is 48.8 Å². The van der Waals surface area contributed by atoms with Crippen LogP contribution in [-0.2, 0) is 14.3 Å². The van der Waals surface area contributed by atoms with Gasteiger partial charge < -0.3 is 9.64 Å². The van der Waals surface area contributed by atoms with Gasteiger partial charge in [-0.1, -0.05) is 18.2 Å². The quantitative estimate of drug-likeness (QED) is 0.548. The second-order valence-corrected chi connectivity index (χ2v) is 5.04. The summed E-state index contributed by atoms with van der Waals surface area (Å²) in [4.78, 5) is 34.9. The van der Waals surface area contributed by atoms with E-state index in [1.807, 2.05) is 6.07 Å². The van der Waals surface area contributed by atoms with Gasteiger partial charge in [-0.3, -0.25) is 14.5 Å². The zero-order chi connectivity index (χ0) is 18.1. The molecular weight excluding hydrogens is 322 g/mol. The van der Waals surface area contributed by atoms with Crippen molar-refractivity contribution in [1.29, 1.82) is 5.26 Å². The molecule has 1 aromatic carbocycles. The Bertz CT molecular complexity index is 746. The zero-order valence-electron chi connectivity index (χ0n) is 13.7. The number of hydrogen-bond donors (Lipinski definition) is 0. The summed E-state index contributed by atoms with van der Waals surface area (Å²) in [5, 5.41) is 8.90. The third-order valence-corrected chi connectivity index (χ3v) is 3.21. The van der Waals surface area contributed by atoms with Crippen LogP contribution >= 0.6 is 0 Å². The summed E-state index contributed by atoms with van der Waals surface area (Å²) < 4.78 is 5.01. The number of ether oxygens (including phenoxy) is 1. The number of amides is 1. The van der Waals surface area contributed by atoms with Crippen molar-refractivity contribution in [3.63, 3.8) is 0 Å². The standard InChI is InChI=1S/C17H17N5O3/c1-21(17-19-9-5-10-20-17)12-16(24)25-13-15(23)22(11-8-18)14-6-3-2-4-7-14/h2-7,9-10H,11-13H2,1H3. The van der Waals surface area contributed by atoms with E-state index >= 15 is 0 Å². The van der Waals surface area contributed by atoms with Gasteiger partial charge in [-0.25, -0.2) is 9.97 Å². The van der Waals surface area contributed by atoms with E-state index in [0.29, 0.717) is 11.6 Å². The number of likely N-dealkylation sites (N-methyl/N-ethyl adjacent to an activating group) is 1. The number of rotatable bonds is 7.